The fourth-order valence-corrected chi connectivity index (χ4v) is 5.19. The minimum absolute atomic E-state index is 0.117. The van der Waals surface area contributed by atoms with Crippen molar-refractivity contribution in [3.05, 3.63) is 42.0 Å². The SMILES string of the molecule is CC(C)C[C@H](C(=O)NN(C(=O)[C@@H](C)N)C1CCSCC1)[C@@H](CC=Cc1ccccc1)C(=O)NO. The summed E-state index contributed by atoms with van der Waals surface area (Å²) in [5.41, 5.74) is 11.4. The van der Waals surface area contributed by atoms with Crippen molar-refractivity contribution in [3.63, 3.8) is 0 Å². The van der Waals surface area contributed by atoms with E-state index < -0.39 is 29.7 Å². The van der Waals surface area contributed by atoms with Crippen molar-refractivity contribution < 1.29 is 19.6 Å². The average Bonchev–Trinajstić information content (AvgIpc) is 2.84. The van der Waals surface area contributed by atoms with Crippen molar-refractivity contribution in [2.45, 2.75) is 58.5 Å². The quantitative estimate of drug-likeness (QED) is 0.295. The van der Waals surface area contributed by atoms with Gasteiger partial charge in [0, 0.05) is 0 Å². The molecule has 1 aromatic carbocycles. The number of hydrogen-bond acceptors (Lipinski definition) is 6. The molecule has 1 saturated heterocycles. The summed E-state index contributed by atoms with van der Waals surface area (Å²) in [6.45, 7) is 5.54. The Bertz CT molecular complexity index is 825. The lowest BCUT2D eigenvalue weighted by Crippen LogP contribution is -2.59. The molecule has 5 N–H and O–H groups in total. The Kier molecular flexibility index (Phi) is 11.6. The van der Waals surface area contributed by atoms with Crippen LogP contribution in [-0.4, -0.2) is 51.5 Å². The summed E-state index contributed by atoms with van der Waals surface area (Å²) < 4.78 is 0. The van der Waals surface area contributed by atoms with E-state index in [-0.39, 0.29) is 24.3 Å². The van der Waals surface area contributed by atoms with Gasteiger partial charge in [0.25, 0.3) is 5.91 Å². The number of carbonyl (C=O) groups is 3. The molecule has 1 fully saturated rings. The van der Waals surface area contributed by atoms with E-state index in [4.69, 9.17) is 5.73 Å². The number of allylic oxidation sites excluding steroid dienone is 1. The third kappa shape index (κ3) is 8.45. The zero-order valence-corrected chi connectivity index (χ0v) is 21.1. The number of nitrogens with zero attached hydrogens (tertiary/aromatic N) is 1. The monoisotopic (exact) mass is 490 g/mol. The van der Waals surface area contributed by atoms with Gasteiger partial charge < -0.3 is 5.73 Å². The highest BCUT2D eigenvalue weighted by molar-refractivity contribution is 7.99. The second-order valence-electron chi connectivity index (χ2n) is 9.18. The first-order valence-electron chi connectivity index (χ1n) is 11.9. The molecule has 9 heteroatoms. The van der Waals surface area contributed by atoms with Crippen molar-refractivity contribution in [1.29, 1.82) is 0 Å². The van der Waals surface area contributed by atoms with Crippen LogP contribution in [0.2, 0.25) is 0 Å². The molecule has 1 aromatic rings. The van der Waals surface area contributed by atoms with Gasteiger partial charge in [0.05, 0.1) is 23.9 Å². The molecule has 188 valence electrons. The zero-order valence-electron chi connectivity index (χ0n) is 20.3. The van der Waals surface area contributed by atoms with Crippen molar-refractivity contribution >= 4 is 35.6 Å². The summed E-state index contributed by atoms with van der Waals surface area (Å²) in [5, 5.41) is 10.8. The minimum atomic E-state index is -0.804. The first-order valence-corrected chi connectivity index (χ1v) is 13.0. The second kappa shape index (κ2) is 14.1. The van der Waals surface area contributed by atoms with Crippen LogP contribution < -0.4 is 16.6 Å². The largest absolute Gasteiger partial charge is 0.320 e. The third-order valence-electron chi connectivity index (χ3n) is 5.91. The van der Waals surface area contributed by atoms with E-state index in [9.17, 15) is 19.6 Å². The number of benzene rings is 1. The van der Waals surface area contributed by atoms with Gasteiger partial charge in [-0.3, -0.25) is 25.0 Å². The second-order valence-corrected chi connectivity index (χ2v) is 10.4. The Hall–Kier alpha value is -2.36. The summed E-state index contributed by atoms with van der Waals surface area (Å²) >= 11 is 1.82. The molecule has 1 aliphatic heterocycles. The normalized spacial score (nSPS) is 17.2. The lowest BCUT2D eigenvalue weighted by atomic mass is 9.82. The molecule has 0 aliphatic carbocycles. The van der Waals surface area contributed by atoms with Gasteiger partial charge in [0.1, 0.15) is 0 Å². The maximum atomic E-state index is 13.5. The molecule has 34 heavy (non-hydrogen) atoms. The number of hydrazine groups is 1. The number of amides is 3. The predicted molar refractivity (Wildman–Crippen MR) is 135 cm³/mol. The average molecular weight is 491 g/mol. The van der Waals surface area contributed by atoms with Gasteiger partial charge in [-0.05, 0) is 55.6 Å². The molecule has 0 radical (unpaired) electrons. The molecule has 1 heterocycles. The number of rotatable bonds is 10. The highest BCUT2D eigenvalue weighted by Crippen LogP contribution is 2.27. The van der Waals surface area contributed by atoms with Crippen LogP contribution in [0.5, 0.6) is 0 Å². The highest BCUT2D eigenvalue weighted by atomic mass is 32.2. The number of hydrogen-bond donors (Lipinski definition) is 4. The maximum Gasteiger partial charge on any atom is 0.257 e. The minimum Gasteiger partial charge on any atom is -0.320 e. The third-order valence-corrected chi connectivity index (χ3v) is 6.96. The molecule has 0 bridgehead atoms. The Morgan fingerprint density at radius 1 is 1.12 bits per heavy atom. The molecular weight excluding hydrogens is 452 g/mol. The molecule has 3 atom stereocenters. The molecule has 0 aromatic heterocycles. The molecule has 0 spiro atoms. The molecule has 0 saturated carbocycles. The van der Waals surface area contributed by atoms with Gasteiger partial charge in [-0.15, -0.1) is 0 Å². The lowest BCUT2D eigenvalue weighted by molar-refractivity contribution is -0.150. The number of nitrogens with one attached hydrogen (secondary N) is 2. The van der Waals surface area contributed by atoms with Crippen molar-refractivity contribution in [3.8, 4) is 0 Å². The van der Waals surface area contributed by atoms with E-state index in [0.29, 0.717) is 6.42 Å². The first-order chi connectivity index (χ1) is 16.2. The van der Waals surface area contributed by atoms with Gasteiger partial charge in [-0.1, -0.05) is 56.3 Å². The maximum absolute atomic E-state index is 13.5. The summed E-state index contributed by atoms with van der Waals surface area (Å²) in [4.78, 5) is 39.0. The Morgan fingerprint density at radius 2 is 1.76 bits per heavy atom. The van der Waals surface area contributed by atoms with E-state index in [0.717, 1.165) is 29.9 Å². The van der Waals surface area contributed by atoms with E-state index in [2.05, 4.69) is 5.43 Å². The molecule has 0 unspecified atom stereocenters. The lowest BCUT2D eigenvalue weighted by Gasteiger charge is -2.37. The van der Waals surface area contributed by atoms with Crippen molar-refractivity contribution in [2.24, 2.45) is 23.5 Å². The Morgan fingerprint density at radius 3 is 2.32 bits per heavy atom. The van der Waals surface area contributed by atoms with Crippen molar-refractivity contribution in [1.82, 2.24) is 15.9 Å². The number of carbonyl (C=O) groups excluding carboxylic acids is 3. The molecule has 2 rings (SSSR count). The Labute approximate surface area is 206 Å². The van der Waals surface area contributed by atoms with Crippen LogP contribution in [0.25, 0.3) is 6.08 Å². The fourth-order valence-electron chi connectivity index (χ4n) is 4.10. The Balaban J connectivity index is 2.26. The van der Waals surface area contributed by atoms with Crippen LogP contribution in [0.15, 0.2) is 36.4 Å². The van der Waals surface area contributed by atoms with E-state index >= 15 is 0 Å². The van der Waals surface area contributed by atoms with E-state index in [1.807, 2.05) is 68.1 Å². The number of thioether (sulfide) groups is 1. The van der Waals surface area contributed by atoms with E-state index in [1.165, 1.54) is 5.01 Å². The van der Waals surface area contributed by atoms with Gasteiger partial charge in [-0.2, -0.15) is 11.8 Å². The predicted octanol–water partition coefficient (Wildman–Crippen LogP) is 2.98. The molecule has 3 amide bonds. The number of nitrogens with two attached hydrogens (primary N) is 1. The smallest absolute Gasteiger partial charge is 0.257 e. The van der Waals surface area contributed by atoms with Crippen molar-refractivity contribution in [2.75, 3.05) is 11.5 Å². The molecule has 1 aliphatic rings. The summed E-state index contributed by atoms with van der Waals surface area (Å²) in [6.07, 6.45) is 5.92. The van der Waals surface area contributed by atoms with Crippen LogP contribution in [-0.2, 0) is 14.4 Å². The van der Waals surface area contributed by atoms with Crippen LogP contribution in [0, 0.1) is 17.8 Å². The zero-order chi connectivity index (χ0) is 25.1. The highest BCUT2D eigenvalue weighted by Gasteiger charge is 2.36. The summed E-state index contributed by atoms with van der Waals surface area (Å²) in [6, 6.07) is 8.74. The fraction of sp³-hybridized carbons (Fsp3) is 0.560. The molecular formula is C25H38N4O4S. The van der Waals surface area contributed by atoms with Gasteiger partial charge >= 0.3 is 0 Å². The summed E-state index contributed by atoms with van der Waals surface area (Å²) in [7, 11) is 0. The van der Waals surface area contributed by atoms with Crippen LogP contribution in [0.1, 0.15) is 52.0 Å². The van der Waals surface area contributed by atoms with E-state index in [1.54, 1.807) is 12.4 Å². The van der Waals surface area contributed by atoms with Crippen LogP contribution in [0.4, 0.5) is 0 Å². The van der Waals surface area contributed by atoms with Gasteiger partial charge in [0.2, 0.25) is 11.8 Å². The number of hydroxylamine groups is 1. The van der Waals surface area contributed by atoms with Gasteiger partial charge in [-0.25, -0.2) is 10.5 Å². The topological polar surface area (TPSA) is 125 Å². The summed E-state index contributed by atoms with van der Waals surface area (Å²) in [5.74, 6) is -1.01. The first kappa shape index (κ1) is 27.9. The van der Waals surface area contributed by atoms with Crippen LogP contribution in [0.3, 0.4) is 0 Å². The van der Waals surface area contributed by atoms with Gasteiger partial charge in [0.15, 0.2) is 0 Å². The van der Waals surface area contributed by atoms with Crippen LogP contribution >= 0.6 is 11.8 Å². The molecule has 8 nitrogen and oxygen atoms in total. The standard InChI is InChI=1S/C25H38N4O4S/c1-17(2)16-22(21(24(31)28-33)11-7-10-19-8-5-4-6-9-19)23(30)27-29(25(32)18(3)26)20-12-14-34-15-13-20/h4-10,17-18,20-22,33H,11-16,26H2,1-3H3,(H,27,30)(H,28,31)/t18-,21-,22+/m1/s1.